The van der Waals surface area contributed by atoms with Crippen LogP contribution in [-0.2, 0) is 22.6 Å². The maximum absolute atomic E-state index is 12.7. The van der Waals surface area contributed by atoms with Gasteiger partial charge in [0.25, 0.3) is 0 Å². The van der Waals surface area contributed by atoms with E-state index in [4.69, 9.17) is 4.74 Å². The fraction of sp³-hybridized carbons (Fsp3) is 0.600. The molecule has 0 aromatic carbocycles. The van der Waals surface area contributed by atoms with Gasteiger partial charge in [-0.1, -0.05) is 6.07 Å². The van der Waals surface area contributed by atoms with Crippen LogP contribution in [0.3, 0.4) is 0 Å². The molecule has 150 valence electrons. The normalized spacial score (nSPS) is 20.5. The third-order valence-electron chi connectivity index (χ3n) is 5.94. The molecule has 28 heavy (non-hydrogen) atoms. The molecule has 0 N–H and O–H groups in total. The first-order valence-corrected chi connectivity index (χ1v) is 10.0. The van der Waals surface area contributed by atoms with Crippen molar-refractivity contribution in [3.63, 3.8) is 0 Å². The fourth-order valence-corrected chi connectivity index (χ4v) is 4.11. The van der Waals surface area contributed by atoms with Crippen LogP contribution < -0.4 is 0 Å². The Bertz CT molecular complexity index is 786. The highest BCUT2D eigenvalue weighted by Gasteiger charge is 2.40. The summed E-state index contributed by atoms with van der Waals surface area (Å²) < 4.78 is 8.27. The first-order valence-electron chi connectivity index (χ1n) is 10.0. The van der Waals surface area contributed by atoms with Crippen molar-refractivity contribution in [3.8, 4) is 0 Å². The lowest BCUT2D eigenvalue weighted by molar-refractivity contribution is -0.132. The fourth-order valence-electron chi connectivity index (χ4n) is 4.11. The Balaban J connectivity index is 1.37. The molecule has 0 unspecified atom stereocenters. The summed E-state index contributed by atoms with van der Waals surface area (Å²) >= 11 is 0. The van der Waals surface area contributed by atoms with Gasteiger partial charge in [0.2, 0.25) is 5.91 Å². The Labute approximate surface area is 165 Å². The smallest absolute Gasteiger partial charge is 0.225 e. The van der Waals surface area contributed by atoms with E-state index in [1.807, 2.05) is 22.5 Å². The molecule has 4 rings (SSSR count). The molecule has 2 aliphatic heterocycles. The van der Waals surface area contributed by atoms with E-state index in [-0.39, 0.29) is 11.5 Å². The number of likely N-dealkylation sites (tertiary alicyclic amines) is 1. The SMILES string of the molecule is Cc1ncccc1CN1CC2(CCN(CCn3cnnc3)CC2)OCCC1=O. The predicted octanol–water partition coefficient (Wildman–Crippen LogP) is 1.27. The minimum Gasteiger partial charge on any atom is -0.373 e. The molecular formula is C20H28N6O2. The van der Waals surface area contributed by atoms with Crippen molar-refractivity contribution in [2.24, 2.45) is 0 Å². The molecule has 2 fully saturated rings. The van der Waals surface area contributed by atoms with Crippen LogP contribution in [0.15, 0.2) is 31.0 Å². The van der Waals surface area contributed by atoms with Crippen LogP contribution in [-0.4, -0.2) is 73.8 Å². The van der Waals surface area contributed by atoms with E-state index < -0.39 is 0 Å². The number of carbonyl (C=O) groups excluding carboxylic acids is 1. The van der Waals surface area contributed by atoms with Crippen molar-refractivity contribution in [3.05, 3.63) is 42.2 Å². The van der Waals surface area contributed by atoms with E-state index in [0.717, 1.165) is 50.3 Å². The number of ether oxygens (including phenoxy) is 1. The van der Waals surface area contributed by atoms with Crippen molar-refractivity contribution in [1.29, 1.82) is 0 Å². The van der Waals surface area contributed by atoms with Crippen LogP contribution in [0, 0.1) is 6.92 Å². The summed E-state index contributed by atoms with van der Waals surface area (Å²) in [5.74, 6) is 0.176. The first kappa shape index (κ1) is 19.0. The highest BCUT2D eigenvalue weighted by Crippen LogP contribution is 2.31. The number of hydrogen-bond donors (Lipinski definition) is 0. The Morgan fingerprint density at radius 3 is 2.71 bits per heavy atom. The minimum absolute atomic E-state index is 0.176. The quantitative estimate of drug-likeness (QED) is 0.773. The van der Waals surface area contributed by atoms with Gasteiger partial charge in [-0.3, -0.25) is 9.78 Å². The number of amides is 1. The molecule has 0 bridgehead atoms. The molecule has 0 saturated carbocycles. The molecule has 0 aliphatic carbocycles. The maximum Gasteiger partial charge on any atom is 0.225 e. The predicted molar refractivity (Wildman–Crippen MR) is 103 cm³/mol. The van der Waals surface area contributed by atoms with Crippen LogP contribution in [0.2, 0.25) is 0 Å². The van der Waals surface area contributed by atoms with Crippen LogP contribution in [0.25, 0.3) is 0 Å². The van der Waals surface area contributed by atoms with Crippen LogP contribution >= 0.6 is 0 Å². The van der Waals surface area contributed by atoms with Gasteiger partial charge in [-0.15, -0.1) is 10.2 Å². The Hall–Kier alpha value is -2.32. The molecule has 2 aromatic heterocycles. The van der Waals surface area contributed by atoms with Gasteiger partial charge in [0.05, 0.1) is 25.2 Å². The van der Waals surface area contributed by atoms with Gasteiger partial charge in [0, 0.05) is 44.6 Å². The van der Waals surface area contributed by atoms with Crippen LogP contribution in [0.1, 0.15) is 30.5 Å². The standard InChI is InChI=1S/C20H28N6O2/c1-17-18(3-2-7-21-17)13-26-14-20(28-12-4-19(26)27)5-8-24(9-6-20)10-11-25-15-22-23-16-25/h2-3,7,15-16H,4-6,8-14H2,1H3. The van der Waals surface area contributed by atoms with Crippen molar-refractivity contribution in [2.45, 2.75) is 44.9 Å². The topological polar surface area (TPSA) is 76.4 Å². The Morgan fingerprint density at radius 2 is 1.96 bits per heavy atom. The van der Waals surface area contributed by atoms with Crippen molar-refractivity contribution in [1.82, 2.24) is 29.5 Å². The lowest BCUT2D eigenvalue weighted by Crippen LogP contribution is -2.52. The maximum atomic E-state index is 12.7. The number of aryl methyl sites for hydroxylation is 1. The van der Waals surface area contributed by atoms with E-state index >= 15 is 0 Å². The van der Waals surface area contributed by atoms with Crippen LogP contribution in [0.4, 0.5) is 0 Å². The minimum atomic E-state index is -0.227. The summed E-state index contributed by atoms with van der Waals surface area (Å²) in [5.41, 5.74) is 1.87. The summed E-state index contributed by atoms with van der Waals surface area (Å²) in [6.07, 6.45) is 7.66. The highest BCUT2D eigenvalue weighted by molar-refractivity contribution is 5.76. The zero-order valence-corrected chi connectivity index (χ0v) is 16.5. The number of hydrogen-bond acceptors (Lipinski definition) is 6. The second-order valence-electron chi connectivity index (χ2n) is 7.82. The van der Waals surface area contributed by atoms with E-state index in [1.54, 1.807) is 18.9 Å². The van der Waals surface area contributed by atoms with E-state index in [0.29, 0.717) is 26.1 Å². The number of rotatable bonds is 5. The van der Waals surface area contributed by atoms with Gasteiger partial charge < -0.3 is 19.1 Å². The zero-order chi connectivity index (χ0) is 19.4. The zero-order valence-electron chi connectivity index (χ0n) is 16.5. The number of piperidine rings is 1. The van der Waals surface area contributed by atoms with Gasteiger partial charge >= 0.3 is 0 Å². The molecular weight excluding hydrogens is 356 g/mol. The number of carbonyl (C=O) groups is 1. The Kier molecular flexibility index (Phi) is 5.68. The van der Waals surface area contributed by atoms with E-state index in [9.17, 15) is 4.79 Å². The molecule has 2 saturated heterocycles. The van der Waals surface area contributed by atoms with Crippen molar-refractivity contribution < 1.29 is 9.53 Å². The third kappa shape index (κ3) is 4.39. The Morgan fingerprint density at radius 1 is 1.18 bits per heavy atom. The molecule has 0 radical (unpaired) electrons. The van der Waals surface area contributed by atoms with Crippen LogP contribution in [0.5, 0.6) is 0 Å². The molecule has 4 heterocycles. The number of aromatic nitrogens is 4. The molecule has 1 spiro atoms. The number of nitrogens with zero attached hydrogens (tertiary/aromatic N) is 6. The number of pyridine rings is 1. The van der Waals surface area contributed by atoms with E-state index in [1.165, 1.54) is 0 Å². The van der Waals surface area contributed by atoms with Gasteiger partial charge in [0.1, 0.15) is 12.7 Å². The highest BCUT2D eigenvalue weighted by atomic mass is 16.5. The van der Waals surface area contributed by atoms with E-state index in [2.05, 4.69) is 26.1 Å². The largest absolute Gasteiger partial charge is 0.373 e. The van der Waals surface area contributed by atoms with Gasteiger partial charge in [-0.25, -0.2) is 0 Å². The van der Waals surface area contributed by atoms with Gasteiger partial charge in [0.15, 0.2) is 0 Å². The molecule has 8 heteroatoms. The second-order valence-corrected chi connectivity index (χ2v) is 7.82. The average Bonchev–Trinajstić information content (AvgIpc) is 3.17. The van der Waals surface area contributed by atoms with Gasteiger partial charge in [-0.2, -0.15) is 0 Å². The molecule has 8 nitrogen and oxygen atoms in total. The molecule has 0 atom stereocenters. The third-order valence-corrected chi connectivity index (χ3v) is 5.94. The monoisotopic (exact) mass is 384 g/mol. The molecule has 2 aliphatic rings. The molecule has 1 amide bonds. The lowest BCUT2D eigenvalue weighted by Gasteiger charge is -2.42. The average molecular weight is 384 g/mol. The van der Waals surface area contributed by atoms with Crippen molar-refractivity contribution >= 4 is 5.91 Å². The second kappa shape index (κ2) is 8.36. The summed E-state index contributed by atoms with van der Waals surface area (Å²) in [5, 5.41) is 7.71. The lowest BCUT2D eigenvalue weighted by atomic mass is 9.90. The first-order chi connectivity index (χ1) is 13.6. The summed E-state index contributed by atoms with van der Waals surface area (Å²) in [6.45, 7) is 7.63. The molecule has 2 aromatic rings. The summed E-state index contributed by atoms with van der Waals surface area (Å²) in [4.78, 5) is 21.4. The summed E-state index contributed by atoms with van der Waals surface area (Å²) in [6, 6.07) is 3.99. The summed E-state index contributed by atoms with van der Waals surface area (Å²) in [7, 11) is 0. The van der Waals surface area contributed by atoms with Crippen molar-refractivity contribution in [2.75, 3.05) is 32.8 Å². The van der Waals surface area contributed by atoms with Gasteiger partial charge in [-0.05, 0) is 31.4 Å².